The minimum Gasteiger partial charge on any atom is -0.343 e. The zero-order valence-corrected chi connectivity index (χ0v) is 11.4. The van der Waals surface area contributed by atoms with Crippen molar-refractivity contribution in [1.29, 1.82) is 0 Å². The van der Waals surface area contributed by atoms with Gasteiger partial charge in [0.05, 0.1) is 0 Å². The van der Waals surface area contributed by atoms with Gasteiger partial charge in [0.15, 0.2) is 0 Å². The maximum atomic E-state index is 12.0. The number of hydrogen-bond donors (Lipinski definition) is 1. The van der Waals surface area contributed by atoms with Crippen molar-refractivity contribution in [2.75, 3.05) is 18.6 Å². The molecule has 0 aromatic heterocycles. The molecular formula is C11H20N2O3S. The predicted octanol–water partition coefficient (Wildman–Crippen LogP) is -0.119. The van der Waals surface area contributed by atoms with Crippen LogP contribution in [0.25, 0.3) is 0 Å². The van der Waals surface area contributed by atoms with Crippen LogP contribution >= 0.6 is 0 Å². The van der Waals surface area contributed by atoms with Crippen molar-refractivity contribution < 1.29 is 13.8 Å². The first-order valence-electron chi connectivity index (χ1n) is 5.88. The number of carbonyl (C=O) groups is 2. The highest BCUT2D eigenvalue weighted by atomic mass is 32.2. The van der Waals surface area contributed by atoms with Gasteiger partial charge in [-0.2, -0.15) is 0 Å². The molecule has 2 amide bonds. The summed E-state index contributed by atoms with van der Waals surface area (Å²) in [5.74, 6) is 0.437. The van der Waals surface area contributed by atoms with E-state index in [4.69, 9.17) is 0 Å². The molecule has 1 N–H and O–H groups in total. The average molecular weight is 260 g/mol. The number of hydrogen-bond acceptors (Lipinski definition) is 3. The van der Waals surface area contributed by atoms with Gasteiger partial charge in [-0.3, -0.25) is 13.8 Å². The van der Waals surface area contributed by atoms with Gasteiger partial charge in [-0.15, -0.1) is 0 Å². The average Bonchev–Trinajstić information content (AvgIpc) is 2.24. The van der Waals surface area contributed by atoms with Crippen LogP contribution in [0.4, 0.5) is 0 Å². The number of carbonyl (C=O) groups excluding carboxylic acids is 2. The van der Waals surface area contributed by atoms with Crippen molar-refractivity contribution in [3.63, 3.8) is 0 Å². The summed E-state index contributed by atoms with van der Waals surface area (Å²) < 4.78 is 11.0. The van der Waals surface area contributed by atoms with Crippen molar-refractivity contribution in [2.24, 2.45) is 0 Å². The molecule has 3 atom stereocenters. The second-order valence-corrected chi connectivity index (χ2v) is 5.87. The van der Waals surface area contributed by atoms with E-state index in [1.807, 2.05) is 6.92 Å². The van der Waals surface area contributed by atoms with Crippen molar-refractivity contribution in [3.05, 3.63) is 0 Å². The highest BCUT2D eigenvalue weighted by Gasteiger charge is 2.36. The lowest BCUT2D eigenvalue weighted by Crippen LogP contribution is -2.62. The Morgan fingerprint density at radius 3 is 2.59 bits per heavy atom. The van der Waals surface area contributed by atoms with Gasteiger partial charge in [-0.05, 0) is 19.8 Å². The molecule has 17 heavy (non-hydrogen) atoms. The van der Waals surface area contributed by atoms with E-state index in [9.17, 15) is 13.8 Å². The molecule has 1 fully saturated rings. The quantitative estimate of drug-likeness (QED) is 0.749. The molecule has 0 aliphatic carbocycles. The fraction of sp³-hybridized carbons (Fsp3) is 0.818. The first-order valence-corrected chi connectivity index (χ1v) is 7.61. The maximum Gasteiger partial charge on any atom is 0.245 e. The topological polar surface area (TPSA) is 66.5 Å². The highest BCUT2D eigenvalue weighted by Crippen LogP contribution is 2.13. The van der Waals surface area contributed by atoms with E-state index in [2.05, 4.69) is 5.32 Å². The molecule has 6 heteroatoms. The standard InChI is InChI=1S/C11H20N2O3S/c1-4-9-10(14)12-8(2)11(15)13(9)6-5-7-17(3)16/h8-9H,4-7H2,1-3H3,(H,12,14). The zero-order chi connectivity index (χ0) is 13.0. The first-order chi connectivity index (χ1) is 7.97. The van der Waals surface area contributed by atoms with Crippen LogP contribution in [0.2, 0.25) is 0 Å². The Morgan fingerprint density at radius 2 is 2.06 bits per heavy atom. The second kappa shape index (κ2) is 6.14. The molecule has 1 rings (SSSR count). The van der Waals surface area contributed by atoms with Gasteiger partial charge < -0.3 is 10.2 Å². The third kappa shape index (κ3) is 3.52. The van der Waals surface area contributed by atoms with E-state index >= 15 is 0 Å². The summed E-state index contributed by atoms with van der Waals surface area (Å²) in [5, 5.41) is 2.67. The summed E-state index contributed by atoms with van der Waals surface area (Å²) in [7, 11) is -0.850. The maximum absolute atomic E-state index is 12.0. The van der Waals surface area contributed by atoms with Crippen LogP contribution < -0.4 is 5.32 Å². The number of nitrogens with one attached hydrogen (secondary N) is 1. The van der Waals surface area contributed by atoms with Crippen molar-refractivity contribution >= 4 is 22.6 Å². The molecule has 1 heterocycles. The Morgan fingerprint density at radius 1 is 1.41 bits per heavy atom. The monoisotopic (exact) mass is 260 g/mol. The number of nitrogens with zero attached hydrogens (tertiary/aromatic N) is 1. The van der Waals surface area contributed by atoms with Gasteiger partial charge in [0.1, 0.15) is 12.1 Å². The Kier molecular flexibility index (Phi) is 5.11. The molecule has 1 saturated heterocycles. The van der Waals surface area contributed by atoms with E-state index in [1.165, 1.54) is 0 Å². The van der Waals surface area contributed by atoms with Crippen molar-refractivity contribution in [1.82, 2.24) is 10.2 Å². The number of piperazine rings is 1. The molecule has 1 aliphatic rings. The molecule has 5 nitrogen and oxygen atoms in total. The van der Waals surface area contributed by atoms with Gasteiger partial charge in [-0.1, -0.05) is 6.92 Å². The van der Waals surface area contributed by atoms with E-state index in [0.717, 1.165) is 0 Å². The lowest BCUT2D eigenvalue weighted by Gasteiger charge is -2.37. The summed E-state index contributed by atoms with van der Waals surface area (Å²) >= 11 is 0. The summed E-state index contributed by atoms with van der Waals surface area (Å²) in [6.07, 6.45) is 2.93. The van der Waals surface area contributed by atoms with Crippen LogP contribution in [0.1, 0.15) is 26.7 Å². The molecule has 1 aliphatic heterocycles. The molecular weight excluding hydrogens is 240 g/mol. The van der Waals surface area contributed by atoms with Gasteiger partial charge in [0.2, 0.25) is 11.8 Å². The summed E-state index contributed by atoms with van der Waals surface area (Å²) in [5.41, 5.74) is 0. The molecule has 0 aromatic rings. The normalized spacial score (nSPS) is 26.9. The van der Waals surface area contributed by atoms with E-state index < -0.39 is 16.8 Å². The van der Waals surface area contributed by atoms with Gasteiger partial charge in [0, 0.05) is 29.4 Å². The summed E-state index contributed by atoms with van der Waals surface area (Å²) in [4.78, 5) is 25.3. The smallest absolute Gasteiger partial charge is 0.245 e. The van der Waals surface area contributed by atoms with Crippen molar-refractivity contribution in [3.8, 4) is 0 Å². The van der Waals surface area contributed by atoms with Crippen LogP contribution in [0.5, 0.6) is 0 Å². The second-order valence-electron chi connectivity index (χ2n) is 4.32. The van der Waals surface area contributed by atoms with Crippen LogP contribution in [0, 0.1) is 0 Å². The zero-order valence-electron chi connectivity index (χ0n) is 10.6. The Labute approximate surface area is 104 Å². The lowest BCUT2D eigenvalue weighted by molar-refractivity contribution is -0.148. The molecule has 0 saturated carbocycles. The number of amides is 2. The van der Waals surface area contributed by atoms with Crippen LogP contribution in [0.15, 0.2) is 0 Å². The molecule has 98 valence electrons. The largest absolute Gasteiger partial charge is 0.343 e. The minimum absolute atomic E-state index is 0.0432. The van der Waals surface area contributed by atoms with Gasteiger partial charge in [0.25, 0.3) is 0 Å². The molecule has 0 aromatic carbocycles. The highest BCUT2D eigenvalue weighted by molar-refractivity contribution is 7.84. The minimum atomic E-state index is -0.850. The number of rotatable bonds is 5. The summed E-state index contributed by atoms with van der Waals surface area (Å²) in [6, 6.07) is -0.818. The SMILES string of the molecule is CCC1C(=O)NC(C)C(=O)N1CCCS(C)=O. The fourth-order valence-electron chi connectivity index (χ4n) is 2.03. The molecule has 0 bridgehead atoms. The first kappa shape index (κ1) is 14.2. The van der Waals surface area contributed by atoms with Crippen molar-refractivity contribution in [2.45, 2.75) is 38.8 Å². The predicted molar refractivity (Wildman–Crippen MR) is 66.9 cm³/mol. The van der Waals surface area contributed by atoms with Crippen LogP contribution in [-0.4, -0.2) is 51.6 Å². The molecule has 0 spiro atoms. The lowest BCUT2D eigenvalue weighted by atomic mass is 10.1. The molecule has 3 unspecified atom stereocenters. The van der Waals surface area contributed by atoms with Crippen LogP contribution in [0.3, 0.4) is 0 Å². The summed E-state index contributed by atoms with van der Waals surface area (Å²) in [6.45, 7) is 4.09. The van der Waals surface area contributed by atoms with E-state index in [0.29, 0.717) is 25.1 Å². The third-order valence-corrected chi connectivity index (χ3v) is 3.77. The Bertz CT molecular complexity index is 333. The van der Waals surface area contributed by atoms with Gasteiger partial charge in [-0.25, -0.2) is 0 Å². The molecule has 0 radical (unpaired) electrons. The van der Waals surface area contributed by atoms with Crippen LogP contribution in [-0.2, 0) is 20.4 Å². The third-order valence-electron chi connectivity index (χ3n) is 2.91. The Hall–Kier alpha value is -0.910. The Balaban J connectivity index is 2.65. The van der Waals surface area contributed by atoms with E-state index in [1.54, 1.807) is 18.1 Å². The van der Waals surface area contributed by atoms with Gasteiger partial charge >= 0.3 is 0 Å². The fourth-order valence-corrected chi connectivity index (χ4v) is 2.56. The van der Waals surface area contributed by atoms with E-state index in [-0.39, 0.29) is 17.9 Å².